The zero-order valence-electron chi connectivity index (χ0n) is 9.31. The lowest BCUT2D eigenvalue weighted by molar-refractivity contribution is -0.124. The van der Waals surface area contributed by atoms with E-state index >= 15 is 0 Å². The standard InChI is InChI=1S/C12H8Cl2FNO2/c1-5(7-3-11(17)16-12(7)18)6-2-10(15)9(14)4-8(6)13/h2,4H,3H2,1H3,(H,16,17,18). The largest absolute Gasteiger partial charge is 0.292 e. The van der Waals surface area contributed by atoms with E-state index in [1.807, 2.05) is 0 Å². The van der Waals surface area contributed by atoms with E-state index in [0.29, 0.717) is 16.7 Å². The molecule has 1 heterocycles. The molecule has 0 saturated carbocycles. The summed E-state index contributed by atoms with van der Waals surface area (Å²) in [6.45, 7) is 1.61. The van der Waals surface area contributed by atoms with Gasteiger partial charge in [-0.2, -0.15) is 0 Å². The van der Waals surface area contributed by atoms with Crippen molar-refractivity contribution in [1.29, 1.82) is 0 Å². The molecule has 2 rings (SSSR count). The Hall–Kier alpha value is -1.39. The van der Waals surface area contributed by atoms with Gasteiger partial charge in [-0.05, 0) is 30.2 Å². The molecule has 1 aromatic carbocycles. The predicted molar refractivity (Wildman–Crippen MR) is 66.8 cm³/mol. The van der Waals surface area contributed by atoms with E-state index < -0.39 is 11.7 Å². The summed E-state index contributed by atoms with van der Waals surface area (Å²) in [5, 5.41) is 2.31. The van der Waals surface area contributed by atoms with Crippen LogP contribution >= 0.6 is 23.2 Å². The van der Waals surface area contributed by atoms with Gasteiger partial charge in [-0.1, -0.05) is 23.2 Å². The monoisotopic (exact) mass is 287 g/mol. The lowest BCUT2D eigenvalue weighted by Crippen LogP contribution is -2.19. The number of rotatable bonds is 1. The van der Waals surface area contributed by atoms with Crippen molar-refractivity contribution in [1.82, 2.24) is 5.32 Å². The maximum atomic E-state index is 13.4. The molecule has 1 fully saturated rings. The van der Waals surface area contributed by atoms with Crippen molar-refractivity contribution in [2.75, 3.05) is 0 Å². The molecule has 1 aliphatic rings. The first kappa shape index (κ1) is 13.1. The molecule has 0 radical (unpaired) electrons. The molecule has 1 aliphatic heterocycles. The van der Waals surface area contributed by atoms with Gasteiger partial charge in [-0.15, -0.1) is 0 Å². The van der Waals surface area contributed by atoms with Crippen LogP contribution in [0.5, 0.6) is 0 Å². The average molecular weight is 288 g/mol. The normalized spacial score (nSPS) is 18.0. The summed E-state index contributed by atoms with van der Waals surface area (Å²) in [5.74, 6) is -1.47. The summed E-state index contributed by atoms with van der Waals surface area (Å²) >= 11 is 11.6. The molecule has 1 N–H and O–H groups in total. The van der Waals surface area contributed by atoms with Crippen LogP contribution in [0.4, 0.5) is 4.39 Å². The first-order valence-electron chi connectivity index (χ1n) is 5.09. The van der Waals surface area contributed by atoms with Crippen LogP contribution in [0.25, 0.3) is 5.57 Å². The number of amides is 2. The van der Waals surface area contributed by atoms with Crippen LogP contribution in [-0.2, 0) is 9.59 Å². The zero-order chi connectivity index (χ0) is 13.4. The van der Waals surface area contributed by atoms with Crippen LogP contribution in [-0.4, -0.2) is 11.8 Å². The first-order valence-corrected chi connectivity index (χ1v) is 5.84. The molecule has 2 amide bonds. The minimum absolute atomic E-state index is 0.0226. The van der Waals surface area contributed by atoms with Gasteiger partial charge in [0, 0.05) is 10.6 Å². The van der Waals surface area contributed by atoms with E-state index in [9.17, 15) is 14.0 Å². The number of carbonyl (C=O) groups excluding carboxylic acids is 2. The lowest BCUT2D eigenvalue weighted by Gasteiger charge is -2.08. The van der Waals surface area contributed by atoms with Gasteiger partial charge in [0.1, 0.15) is 5.82 Å². The Morgan fingerprint density at radius 1 is 1.28 bits per heavy atom. The molecule has 1 saturated heterocycles. The highest BCUT2D eigenvalue weighted by Crippen LogP contribution is 2.32. The van der Waals surface area contributed by atoms with E-state index in [4.69, 9.17) is 23.2 Å². The van der Waals surface area contributed by atoms with Gasteiger partial charge < -0.3 is 0 Å². The topological polar surface area (TPSA) is 46.2 Å². The highest BCUT2D eigenvalue weighted by Gasteiger charge is 2.27. The van der Waals surface area contributed by atoms with Crippen LogP contribution in [0.2, 0.25) is 10.0 Å². The molecule has 0 aliphatic carbocycles. The fourth-order valence-electron chi connectivity index (χ4n) is 1.76. The second-order valence-electron chi connectivity index (χ2n) is 3.90. The zero-order valence-corrected chi connectivity index (χ0v) is 10.8. The number of carbonyl (C=O) groups is 2. The fraction of sp³-hybridized carbons (Fsp3) is 0.167. The maximum Gasteiger partial charge on any atom is 0.254 e. The SMILES string of the molecule is CC(=C1CC(=O)NC1=O)c1cc(F)c(Cl)cc1Cl. The van der Waals surface area contributed by atoms with Gasteiger partial charge in [0.05, 0.1) is 11.4 Å². The molecule has 18 heavy (non-hydrogen) atoms. The van der Waals surface area contributed by atoms with E-state index in [0.717, 1.165) is 6.07 Å². The quantitative estimate of drug-likeness (QED) is 0.490. The summed E-state index contributed by atoms with van der Waals surface area (Å²) in [6, 6.07) is 2.43. The third-order valence-corrected chi connectivity index (χ3v) is 3.33. The van der Waals surface area contributed by atoms with E-state index in [1.54, 1.807) is 6.92 Å². The molecule has 1 aromatic rings. The summed E-state index contributed by atoms with van der Waals surface area (Å²) in [6.07, 6.45) is -0.0226. The lowest BCUT2D eigenvalue weighted by atomic mass is 10.00. The number of halogens is 3. The Morgan fingerprint density at radius 2 is 1.94 bits per heavy atom. The molecule has 6 heteroatoms. The van der Waals surface area contributed by atoms with E-state index in [1.165, 1.54) is 6.07 Å². The molecule has 3 nitrogen and oxygen atoms in total. The van der Waals surface area contributed by atoms with Gasteiger partial charge in [0.25, 0.3) is 5.91 Å². The maximum absolute atomic E-state index is 13.4. The molecule has 94 valence electrons. The molecular weight excluding hydrogens is 280 g/mol. The van der Waals surface area contributed by atoms with Gasteiger partial charge in [0.15, 0.2) is 0 Å². The van der Waals surface area contributed by atoms with Crippen molar-refractivity contribution < 1.29 is 14.0 Å². The van der Waals surface area contributed by atoms with Crippen molar-refractivity contribution in [2.45, 2.75) is 13.3 Å². The Morgan fingerprint density at radius 3 is 2.50 bits per heavy atom. The van der Waals surface area contributed by atoms with Crippen molar-refractivity contribution in [3.8, 4) is 0 Å². The number of imide groups is 1. The molecule has 0 atom stereocenters. The fourth-order valence-corrected chi connectivity index (χ4v) is 2.29. The van der Waals surface area contributed by atoms with Crippen molar-refractivity contribution in [3.05, 3.63) is 39.1 Å². The predicted octanol–water partition coefficient (Wildman–Crippen LogP) is 2.95. The van der Waals surface area contributed by atoms with Crippen molar-refractivity contribution in [3.63, 3.8) is 0 Å². The molecule has 0 bridgehead atoms. The van der Waals surface area contributed by atoms with Crippen LogP contribution in [0.3, 0.4) is 0 Å². The summed E-state index contributed by atoms with van der Waals surface area (Å²) in [5.41, 5.74) is 1.13. The van der Waals surface area contributed by atoms with E-state index in [-0.39, 0.29) is 22.4 Å². The number of allylic oxidation sites excluding steroid dienone is 1. The van der Waals surface area contributed by atoms with Gasteiger partial charge in [-0.3, -0.25) is 14.9 Å². The van der Waals surface area contributed by atoms with Crippen LogP contribution in [0.15, 0.2) is 17.7 Å². The van der Waals surface area contributed by atoms with Crippen LogP contribution < -0.4 is 5.32 Å². The third kappa shape index (κ3) is 2.26. The Labute approximate surface area is 113 Å². The summed E-state index contributed by atoms with van der Waals surface area (Å²) in [7, 11) is 0. The van der Waals surface area contributed by atoms with Gasteiger partial charge >= 0.3 is 0 Å². The molecular formula is C12H8Cl2FNO2. The summed E-state index contributed by atoms with van der Waals surface area (Å²) in [4.78, 5) is 22.6. The highest BCUT2D eigenvalue weighted by atomic mass is 35.5. The number of hydrogen-bond acceptors (Lipinski definition) is 2. The first-order chi connectivity index (χ1) is 8.40. The minimum atomic E-state index is -0.624. The van der Waals surface area contributed by atoms with Crippen LogP contribution in [0.1, 0.15) is 18.9 Å². The molecule has 0 spiro atoms. The highest BCUT2D eigenvalue weighted by molar-refractivity contribution is 6.36. The van der Waals surface area contributed by atoms with E-state index in [2.05, 4.69) is 5.32 Å². The van der Waals surface area contributed by atoms with Gasteiger partial charge in [-0.25, -0.2) is 4.39 Å². The Balaban J connectivity index is 2.56. The average Bonchev–Trinajstić information content (AvgIpc) is 2.62. The van der Waals surface area contributed by atoms with Crippen LogP contribution in [0, 0.1) is 5.82 Å². The number of nitrogens with one attached hydrogen (secondary N) is 1. The smallest absolute Gasteiger partial charge is 0.254 e. The minimum Gasteiger partial charge on any atom is -0.292 e. The second-order valence-corrected chi connectivity index (χ2v) is 4.72. The van der Waals surface area contributed by atoms with Gasteiger partial charge in [0.2, 0.25) is 5.91 Å². The molecule has 0 unspecified atom stereocenters. The third-order valence-electron chi connectivity index (χ3n) is 2.73. The number of benzene rings is 1. The Kier molecular flexibility index (Phi) is 3.41. The molecule has 0 aromatic heterocycles. The number of hydrogen-bond donors (Lipinski definition) is 1. The van der Waals surface area contributed by atoms with Crippen molar-refractivity contribution in [2.24, 2.45) is 0 Å². The second kappa shape index (κ2) is 4.71. The Bertz CT molecular complexity index is 596. The van der Waals surface area contributed by atoms with Crippen molar-refractivity contribution >= 4 is 40.6 Å². The summed E-state index contributed by atoms with van der Waals surface area (Å²) < 4.78 is 13.4.